The molecule has 84 valence electrons. The summed E-state index contributed by atoms with van der Waals surface area (Å²) in [4.78, 5) is 0. The Labute approximate surface area is 103 Å². The number of alkyl halides is 1. The molecule has 6 heteroatoms. The van der Waals surface area contributed by atoms with Crippen molar-refractivity contribution in [2.75, 3.05) is 0 Å². The summed E-state index contributed by atoms with van der Waals surface area (Å²) in [5.41, 5.74) is 1.04. The lowest BCUT2D eigenvalue weighted by Crippen LogP contribution is -2.07. The minimum absolute atomic E-state index is 0.214. The molecule has 2 aromatic rings. The highest BCUT2D eigenvalue weighted by molar-refractivity contribution is 6.30. The van der Waals surface area contributed by atoms with Crippen LogP contribution in [0.4, 0.5) is 0 Å². The van der Waals surface area contributed by atoms with Crippen molar-refractivity contribution >= 4 is 23.2 Å². The number of rotatable bonds is 3. The molecule has 0 aliphatic heterocycles. The lowest BCUT2D eigenvalue weighted by Gasteiger charge is -2.05. The van der Waals surface area contributed by atoms with E-state index in [0.717, 1.165) is 5.56 Å². The van der Waals surface area contributed by atoms with Crippen LogP contribution < -0.4 is 0 Å². The molecule has 4 nitrogen and oxygen atoms in total. The van der Waals surface area contributed by atoms with E-state index in [4.69, 9.17) is 23.2 Å². The SMILES string of the molecule is CC(Cl)c1nnnn1Cc1cccc(Cl)c1. The van der Waals surface area contributed by atoms with E-state index in [1.165, 1.54) is 0 Å². The van der Waals surface area contributed by atoms with Gasteiger partial charge in [-0.15, -0.1) is 16.7 Å². The second-order valence-electron chi connectivity index (χ2n) is 3.44. The molecule has 1 aromatic carbocycles. The summed E-state index contributed by atoms with van der Waals surface area (Å²) in [6, 6.07) is 7.57. The van der Waals surface area contributed by atoms with Crippen LogP contribution in [0.15, 0.2) is 24.3 Å². The number of benzene rings is 1. The molecule has 0 aliphatic carbocycles. The van der Waals surface area contributed by atoms with Gasteiger partial charge < -0.3 is 0 Å². The smallest absolute Gasteiger partial charge is 0.169 e. The molecule has 1 atom stereocenters. The molecule has 1 unspecified atom stereocenters. The molecule has 16 heavy (non-hydrogen) atoms. The van der Waals surface area contributed by atoms with E-state index in [0.29, 0.717) is 17.4 Å². The maximum absolute atomic E-state index is 5.96. The van der Waals surface area contributed by atoms with Gasteiger partial charge in [-0.05, 0) is 35.0 Å². The summed E-state index contributed by atoms with van der Waals surface area (Å²) in [7, 11) is 0. The van der Waals surface area contributed by atoms with Gasteiger partial charge in [0.05, 0.1) is 11.9 Å². The Balaban J connectivity index is 2.24. The standard InChI is InChI=1S/C10H10Cl2N4/c1-7(11)10-13-14-15-16(10)6-8-3-2-4-9(12)5-8/h2-5,7H,6H2,1H3. The molecule has 0 radical (unpaired) electrons. The topological polar surface area (TPSA) is 43.6 Å². The van der Waals surface area contributed by atoms with Crippen LogP contribution >= 0.6 is 23.2 Å². The molecule has 0 saturated heterocycles. The number of aromatic nitrogens is 4. The molecule has 0 N–H and O–H groups in total. The second-order valence-corrected chi connectivity index (χ2v) is 4.53. The van der Waals surface area contributed by atoms with E-state index in [2.05, 4.69) is 15.5 Å². The van der Waals surface area contributed by atoms with Gasteiger partial charge in [0.1, 0.15) is 0 Å². The average molecular weight is 257 g/mol. The van der Waals surface area contributed by atoms with Crippen molar-refractivity contribution in [1.82, 2.24) is 20.2 Å². The first kappa shape index (κ1) is 11.4. The molecule has 0 saturated carbocycles. The number of halogens is 2. The van der Waals surface area contributed by atoms with Gasteiger partial charge in [-0.3, -0.25) is 0 Å². The minimum atomic E-state index is -0.214. The van der Waals surface area contributed by atoms with Crippen LogP contribution in [0.5, 0.6) is 0 Å². The molecular formula is C10H10Cl2N4. The van der Waals surface area contributed by atoms with Gasteiger partial charge in [0.2, 0.25) is 0 Å². The summed E-state index contributed by atoms with van der Waals surface area (Å²) in [6.07, 6.45) is 0. The van der Waals surface area contributed by atoms with Gasteiger partial charge >= 0.3 is 0 Å². The van der Waals surface area contributed by atoms with E-state index >= 15 is 0 Å². The van der Waals surface area contributed by atoms with Crippen molar-refractivity contribution < 1.29 is 0 Å². The van der Waals surface area contributed by atoms with E-state index in [9.17, 15) is 0 Å². The van der Waals surface area contributed by atoms with Crippen LogP contribution in [0.3, 0.4) is 0 Å². The first-order valence-electron chi connectivity index (χ1n) is 4.81. The Hall–Kier alpha value is -1.13. The normalized spacial score (nSPS) is 12.7. The van der Waals surface area contributed by atoms with E-state index in [-0.39, 0.29) is 5.38 Å². The summed E-state index contributed by atoms with van der Waals surface area (Å²) in [6.45, 7) is 2.40. The third kappa shape index (κ3) is 2.51. The van der Waals surface area contributed by atoms with Crippen LogP contribution in [0.25, 0.3) is 0 Å². The fourth-order valence-corrected chi connectivity index (χ4v) is 1.79. The Bertz CT molecular complexity index is 481. The monoisotopic (exact) mass is 256 g/mol. The summed E-state index contributed by atoms with van der Waals surface area (Å²) in [5.74, 6) is 0.654. The van der Waals surface area contributed by atoms with E-state index in [1.807, 2.05) is 31.2 Å². The molecule has 2 rings (SSSR count). The number of hydrogen-bond donors (Lipinski definition) is 0. The molecule has 0 bridgehead atoms. The van der Waals surface area contributed by atoms with Gasteiger partial charge in [-0.2, -0.15) is 0 Å². The maximum atomic E-state index is 5.96. The van der Waals surface area contributed by atoms with Crippen LogP contribution in [0.2, 0.25) is 5.02 Å². The van der Waals surface area contributed by atoms with Crippen molar-refractivity contribution in [2.24, 2.45) is 0 Å². The molecule has 1 heterocycles. The van der Waals surface area contributed by atoms with Crippen molar-refractivity contribution in [3.8, 4) is 0 Å². The van der Waals surface area contributed by atoms with Crippen LogP contribution in [-0.2, 0) is 6.54 Å². The maximum Gasteiger partial charge on any atom is 0.169 e. The number of nitrogens with zero attached hydrogens (tertiary/aromatic N) is 4. The zero-order chi connectivity index (χ0) is 11.5. The summed E-state index contributed by atoms with van der Waals surface area (Å²) in [5, 5.41) is 11.9. The van der Waals surface area contributed by atoms with Gasteiger partial charge in [0, 0.05) is 5.02 Å². The Morgan fingerprint density at radius 1 is 1.44 bits per heavy atom. The quantitative estimate of drug-likeness (QED) is 0.794. The summed E-state index contributed by atoms with van der Waals surface area (Å²) < 4.78 is 1.67. The highest BCUT2D eigenvalue weighted by atomic mass is 35.5. The van der Waals surface area contributed by atoms with Crippen LogP contribution in [0, 0.1) is 0 Å². The van der Waals surface area contributed by atoms with Crippen LogP contribution in [0.1, 0.15) is 23.7 Å². The highest BCUT2D eigenvalue weighted by Crippen LogP contribution is 2.17. The molecule has 0 amide bonds. The third-order valence-electron chi connectivity index (χ3n) is 2.14. The van der Waals surface area contributed by atoms with Crippen molar-refractivity contribution in [3.05, 3.63) is 40.7 Å². The molecule has 0 aliphatic rings. The second kappa shape index (κ2) is 4.80. The zero-order valence-electron chi connectivity index (χ0n) is 8.64. The minimum Gasteiger partial charge on any atom is -0.224 e. The predicted molar refractivity (Wildman–Crippen MR) is 62.6 cm³/mol. The predicted octanol–water partition coefficient (Wildman–Crippen LogP) is 2.67. The van der Waals surface area contributed by atoms with E-state index < -0.39 is 0 Å². The Morgan fingerprint density at radius 3 is 2.94 bits per heavy atom. The van der Waals surface area contributed by atoms with Crippen molar-refractivity contribution in [3.63, 3.8) is 0 Å². The fraction of sp³-hybridized carbons (Fsp3) is 0.300. The molecule has 0 fully saturated rings. The number of tetrazole rings is 1. The van der Waals surface area contributed by atoms with Gasteiger partial charge in [-0.1, -0.05) is 23.7 Å². The van der Waals surface area contributed by atoms with Crippen molar-refractivity contribution in [2.45, 2.75) is 18.8 Å². The van der Waals surface area contributed by atoms with Gasteiger partial charge in [0.25, 0.3) is 0 Å². The Kier molecular flexibility index (Phi) is 3.41. The van der Waals surface area contributed by atoms with Gasteiger partial charge in [-0.25, -0.2) is 4.68 Å². The summed E-state index contributed by atoms with van der Waals surface area (Å²) >= 11 is 11.9. The van der Waals surface area contributed by atoms with Crippen LogP contribution in [-0.4, -0.2) is 20.2 Å². The largest absolute Gasteiger partial charge is 0.224 e. The molecule has 0 spiro atoms. The first-order valence-corrected chi connectivity index (χ1v) is 5.63. The first-order chi connectivity index (χ1) is 7.66. The Morgan fingerprint density at radius 2 is 2.25 bits per heavy atom. The van der Waals surface area contributed by atoms with Crippen molar-refractivity contribution in [1.29, 1.82) is 0 Å². The zero-order valence-corrected chi connectivity index (χ0v) is 10.2. The lowest BCUT2D eigenvalue weighted by molar-refractivity contribution is 0.618. The molecular weight excluding hydrogens is 247 g/mol. The van der Waals surface area contributed by atoms with E-state index in [1.54, 1.807) is 4.68 Å². The average Bonchev–Trinajstić information content (AvgIpc) is 2.66. The van der Waals surface area contributed by atoms with Gasteiger partial charge in [0.15, 0.2) is 5.82 Å². The number of hydrogen-bond acceptors (Lipinski definition) is 3. The highest BCUT2D eigenvalue weighted by Gasteiger charge is 2.11. The lowest BCUT2D eigenvalue weighted by atomic mass is 10.2. The molecule has 1 aromatic heterocycles. The third-order valence-corrected chi connectivity index (χ3v) is 2.57. The fourth-order valence-electron chi connectivity index (χ4n) is 1.42.